The summed E-state index contributed by atoms with van der Waals surface area (Å²) in [6.45, 7) is 2.73. The van der Waals surface area contributed by atoms with Crippen LogP contribution in [0.2, 0.25) is 0 Å². The number of ether oxygens (including phenoxy) is 2. The molecule has 104 valence electrons. The number of pyridine rings is 1. The van der Waals surface area contributed by atoms with Crippen LogP contribution in [0.5, 0.6) is 0 Å². The SMILES string of the molecule is N#CCCOCCSCCOCCc1ccccn1. The van der Waals surface area contributed by atoms with Gasteiger partial charge in [-0.1, -0.05) is 6.07 Å². The van der Waals surface area contributed by atoms with Crippen molar-refractivity contribution in [3.63, 3.8) is 0 Å². The molecule has 5 heteroatoms. The van der Waals surface area contributed by atoms with E-state index in [0.29, 0.717) is 19.6 Å². The predicted octanol–water partition coefficient (Wildman–Crippen LogP) is 2.30. The lowest BCUT2D eigenvalue weighted by molar-refractivity contribution is 0.151. The van der Waals surface area contributed by atoms with Crippen molar-refractivity contribution in [2.45, 2.75) is 12.8 Å². The van der Waals surface area contributed by atoms with Crippen molar-refractivity contribution in [3.8, 4) is 6.07 Å². The third kappa shape index (κ3) is 9.48. The molecule has 0 N–H and O–H groups in total. The molecule has 0 radical (unpaired) electrons. The number of hydrogen-bond donors (Lipinski definition) is 0. The smallest absolute Gasteiger partial charge is 0.0645 e. The second-order valence-corrected chi connectivity index (χ2v) is 5.04. The third-order valence-corrected chi connectivity index (χ3v) is 3.24. The summed E-state index contributed by atoms with van der Waals surface area (Å²) in [5.74, 6) is 1.93. The topological polar surface area (TPSA) is 55.1 Å². The summed E-state index contributed by atoms with van der Waals surface area (Å²) < 4.78 is 10.8. The number of rotatable bonds is 11. The van der Waals surface area contributed by atoms with Gasteiger partial charge in [-0.15, -0.1) is 0 Å². The minimum absolute atomic E-state index is 0.474. The van der Waals surface area contributed by atoms with Crippen molar-refractivity contribution >= 4 is 11.8 Å². The zero-order valence-corrected chi connectivity index (χ0v) is 11.9. The molecule has 0 saturated heterocycles. The predicted molar refractivity (Wildman–Crippen MR) is 77.1 cm³/mol. The van der Waals surface area contributed by atoms with Gasteiger partial charge in [-0.3, -0.25) is 4.98 Å². The van der Waals surface area contributed by atoms with E-state index >= 15 is 0 Å². The van der Waals surface area contributed by atoms with Gasteiger partial charge in [0.2, 0.25) is 0 Å². The van der Waals surface area contributed by atoms with Crippen LogP contribution in [0.25, 0.3) is 0 Å². The number of nitrogens with zero attached hydrogens (tertiary/aromatic N) is 2. The molecule has 0 bridgehead atoms. The fourth-order valence-corrected chi connectivity index (χ4v) is 2.06. The highest BCUT2D eigenvalue weighted by Gasteiger charge is 1.94. The summed E-state index contributed by atoms with van der Waals surface area (Å²) in [6.07, 6.45) is 3.14. The van der Waals surface area contributed by atoms with Gasteiger partial charge in [0, 0.05) is 29.8 Å². The van der Waals surface area contributed by atoms with Gasteiger partial charge in [-0.2, -0.15) is 17.0 Å². The van der Waals surface area contributed by atoms with E-state index in [1.54, 1.807) is 6.20 Å². The first-order valence-corrected chi connectivity index (χ1v) is 7.59. The summed E-state index contributed by atoms with van der Waals surface area (Å²) in [4.78, 5) is 4.24. The van der Waals surface area contributed by atoms with Crippen molar-refractivity contribution in [1.82, 2.24) is 4.98 Å². The summed E-state index contributed by atoms with van der Waals surface area (Å²) in [5, 5.41) is 8.32. The number of aromatic nitrogens is 1. The number of thioether (sulfide) groups is 1. The van der Waals surface area contributed by atoms with E-state index in [0.717, 1.165) is 36.8 Å². The van der Waals surface area contributed by atoms with Gasteiger partial charge >= 0.3 is 0 Å². The van der Waals surface area contributed by atoms with Crippen molar-refractivity contribution in [1.29, 1.82) is 5.26 Å². The Hall–Kier alpha value is -1.09. The number of nitriles is 1. The fraction of sp³-hybridized carbons (Fsp3) is 0.571. The van der Waals surface area contributed by atoms with E-state index < -0.39 is 0 Å². The number of hydrogen-bond acceptors (Lipinski definition) is 5. The second kappa shape index (κ2) is 12.0. The molecule has 1 heterocycles. The van der Waals surface area contributed by atoms with Gasteiger partial charge in [0.05, 0.1) is 38.9 Å². The van der Waals surface area contributed by atoms with E-state index in [1.807, 2.05) is 36.0 Å². The van der Waals surface area contributed by atoms with E-state index in [1.165, 1.54) is 0 Å². The van der Waals surface area contributed by atoms with Crippen LogP contribution >= 0.6 is 11.8 Å². The Morgan fingerprint density at radius 1 is 1.11 bits per heavy atom. The van der Waals surface area contributed by atoms with E-state index in [9.17, 15) is 0 Å². The molecule has 0 amide bonds. The summed E-state index contributed by atoms with van der Waals surface area (Å²) in [7, 11) is 0. The largest absolute Gasteiger partial charge is 0.380 e. The Bertz CT molecular complexity index is 354. The van der Waals surface area contributed by atoms with Crippen LogP contribution in [-0.2, 0) is 15.9 Å². The maximum Gasteiger partial charge on any atom is 0.0645 e. The molecule has 0 aromatic carbocycles. The Morgan fingerprint density at radius 2 is 1.89 bits per heavy atom. The first-order chi connectivity index (χ1) is 9.43. The minimum Gasteiger partial charge on any atom is -0.380 e. The Labute approximate surface area is 119 Å². The summed E-state index contributed by atoms with van der Waals surface area (Å²) in [6, 6.07) is 7.97. The van der Waals surface area contributed by atoms with Crippen LogP contribution in [0.15, 0.2) is 24.4 Å². The molecule has 0 atom stereocenters. The monoisotopic (exact) mass is 280 g/mol. The lowest BCUT2D eigenvalue weighted by Gasteiger charge is -2.04. The first kappa shape index (κ1) is 16.0. The highest BCUT2D eigenvalue weighted by Crippen LogP contribution is 2.00. The quantitative estimate of drug-likeness (QED) is 0.582. The van der Waals surface area contributed by atoms with Crippen LogP contribution in [0.4, 0.5) is 0 Å². The standard InChI is InChI=1S/C14H20N2O2S/c15-6-3-8-17-10-12-19-13-11-18-9-5-14-4-1-2-7-16-14/h1-2,4,7H,3,5,8-13H2. The first-order valence-electron chi connectivity index (χ1n) is 6.43. The van der Waals surface area contributed by atoms with Crippen molar-refractivity contribution < 1.29 is 9.47 Å². The van der Waals surface area contributed by atoms with Crippen LogP contribution < -0.4 is 0 Å². The molecular weight excluding hydrogens is 260 g/mol. The molecule has 0 aliphatic carbocycles. The van der Waals surface area contributed by atoms with Gasteiger partial charge in [-0.25, -0.2) is 0 Å². The molecule has 0 aliphatic heterocycles. The van der Waals surface area contributed by atoms with Gasteiger partial charge in [-0.05, 0) is 12.1 Å². The van der Waals surface area contributed by atoms with Crippen molar-refractivity contribution in [2.24, 2.45) is 0 Å². The van der Waals surface area contributed by atoms with Gasteiger partial charge in [0.25, 0.3) is 0 Å². The minimum atomic E-state index is 0.474. The molecule has 19 heavy (non-hydrogen) atoms. The maximum atomic E-state index is 8.32. The molecular formula is C14H20N2O2S. The Kier molecular flexibility index (Phi) is 10.1. The lowest BCUT2D eigenvalue weighted by atomic mass is 10.3. The molecule has 4 nitrogen and oxygen atoms in total. The zero-order valence-electron chi connectivity index (χ0n) is 11.1. The average Bonchev–Trinajstić information content (AvgIpc) is 2.46. The normalized spacial score (nSPS) is 10.3. The van der Waals surface area contributed by atoms with Crippen molar-refractivity contribution in [2.75, 3.05) is 37.9 Å². The maximum absolute atomic E-state index is 8.32. The van der Waals surface area contributed by atoms with Gasteiger partial charge in [0.1, 0.15) is 0 Å². The summed E-state index contributed by atoms with van der Waals surface area (Å²) >= 11 is 1.81. The molecule has 0 saturated carbocycles. The lowest BCUT2D eigenvalue weighted by Crippen LogP contribution is -2.05. The molecule has 1 aromatic rings. The van der Waals surface area contributed by atoms with Gasteiger partial charge in [0.15, 0.2) is 0 Å². The second-order valence-electron chi connectivity index (χ2n) is 3.82. The van der Waals surface area contributed by atoms with E-state index in [-0.39, 0.29) is 0 Å². The summed E-state index contributed by atoms with van der Waals surface area (Å²) in [5.41, 5.74) is 1.07. The Morgan fingerprint density at radius 3 is 2.58 bits per heavy atom. The van der Waals surface area contributed by atoms with Crippen molar-refractivity contribution in [3.05, 3.63) is 30.1 Å². The van der Waals surface area contributed by atoms with Crippen LogP contribution in [-0.4, -0.2) is 42.9 Å². The Balaban J connectivity index is 1.80. The third-order valence-electron chi connectivity index (χ3n) is 2.33. The zero-order chi connectivity index (χ0) is 13.6. The molecule has 1 rings (SSSR count). The fourth-order valence-electron chi connectivity index (χ4n) is 1.38. The molecule has 0 spiro atoms. The van der Waals surface area contributed by atoms with Crippen LogP contribution in [0.3, 0.4) is 0 Å². The molecule has 1 aromatic heterocycles. The highest BCUT2D eigenvalue weighted by molar-refractivity contribution is 7.99. The average molecular weight is 280 g/mol. The molecule has 0 unspecified atom stereocenters. The molecule has 0 aliphatic rings. The van der Waals surface area contributed by atoms with Crippen LogP contribution in [0, 0.1) is 11.3 Å². The van der Waals surface area contributed by atoms with Crippen LogP contribution in [0.1, 0.15) is 12.1 Å². The highest BCUT2D eigenvalue weighted by atomic mass is 32.2. The van der Waals surface area contributed by atoms with E-state index in [4.69, 9.17) is 14.7 Å². The van der Waals surface area contributed by atoms with Gasteiger partial charge < -0.3 is 9.47 Å². The van der Waals surface area contributed by atoms with E-state index in [2.05, 4.69) is 4.98 Å². The molecule has 0 fully saturated rings.